The second-order valence-corrected chi connectivity index (χ2v) is 6.18. The zero-order valence-electron chi connectivity index (χ0n) is 10.5. The quantitative estimate of drug-likeness (QED) is 0.364. The van der Waals surface area contributed by atoms with E-state index in [2.05, 4.69) is 20.1 Å². The van der Waals surface area contributed by atoms with E-state index in [9.17, 15) is 4.79 Å². The number of rotatable bonds is 0. The van der Waals surface area contributed by atoms with Gasteiger partial charge in [0.05, 0.1) is 0 Å². The topological polar surface area (TPSA) is 26.3 Å². The lowest BCUT2D eigenvalue weighted by molar-refractivity contribution is -0.145. The first-order chi connectivity index (χ1) is 8.03. The first kappa shape index (κ1) is 11.1. The van der Waals surface area contributed by atoms with Crippen molar-refractivity contribution in [3.05, 3.63) is 24.3 Å². The van der Waals surface area contributed by atoms with Crippen LogP contribution >= 0.6 is 0 Å². The van der Waals surface area contributed by atoms with Gasteiger partial charge in [-0.15, -0.1) is 0 Å². The molecule has 0 spiro atoms. The third kappa shape index (κ3) is 1.42. The molecule has 1 saturated heterocycles. The van der Waals surface area contributed by atoms with Crippen LogP contribution in [-0.4, -0.2) is 12.1 Å². The summed E-state index contributed by atoms with van der Waals surface area (Å²) in [5.41, 5.74) is 2.27. The van der Waals surface area contributed by atoms with Crippen LogP contribution in [-0.2, 0) is 9.53 Å². The van der Waals surface area contributed by atoms with Gasteiger partial charge in [0, 0.05) is 17.4 Å². The summed E-state index contributed by atoms with van der Waals surface area (Å²) >= 11 is 0. The van der Waals surface area contributed by atoms with Gasteiger partial charge < -0.3 is 4.74 Å². The molecule has 0 amide bonds. The minimum atomic E-state index is -0.178. The fourth-order valence-electron chi connectivity index (χ4n) is 4.19. The minimum Gasteiger partial charge on any atom is -0.458 e. The van der Waals surface area contributed by atoms with Gasteiger partial charge in [0.25, 0.3) is 0 Å². The van der Waals surface area contributed by atoms with Gasteiger partial charge in [0.1, 0.15) is 6.10 Å². The van der Waals surface area contributed by atoms with Crippen LogP contribution in [0.25, 0.3) is 0 Å². The molecule has 92 valence electrons. The predicted molar refractivity (Wildman–Crippen MR) is 66.3 cm³/mol. The first-order valence-corrected chi connectivity index (χ1v) is 6.60. The van der Waals surface area contributed by atoms with Gasteiger partial charge in [-0.05, 0) is 37.5 Å². The zero-order chi connectivity index (χ0) is 12.2. The number of carbonyl (C=O) groups is 1. The van der Waals surface area contributed by atoms with E-state index >= 15 is 0 Å². The average molecular weight is 232 g/mol. The van der Waals surface area contributed by atoms with E-state index in [-0.39, 0.29) is 18.0 Å². The highest BCUT2D eigenvalue weighted by Gasteiger charge is 2.54. The lowest BCUT2D eigenvalue weighted by Gasteiger charge is -2.50. The molecule has 0 aromatic rings. The van der Waals surface area contributed by atoms with Crippen molar-refractivity contribution in [2.45, 2.75) is 45.1 Å². The number of carbonyl (C=O) groups excluding carboxylic acids is 1. The van der Waals surface area contributed by atoms with Gasteiger partial charge in [-0.25, -0.2) is 4.79 Å². The van der Waals surface area contributed by atoms with Crippen LogP contribution in [0.2, 0.25) is 0 Å². The molecule has 17 heavy (non-hydrogen) atoms. The lowest BCUT2D eigenvalue weighted by Crippen LogP contribution is -2.46. The van der Waals surface area contributed by atoms with Gasteiger partial charge in [0.2, 0.25) is 0 Å². The number of fused-ring (bicyclic) bond motifs is 3. The second kappa shape index (κ2) is 3.47. The SMILES string of the molecule is C=C1C(=O)O[C@@H]2[C@@H]1CC[C@]1(C)CCCC(=C)[C@@H]21. The van der Waals surface area contributed by atoms with Gasteiger partial charge in [-0.2, -0.15) is 0 Å². The summed E-state index contributed by atoms with van der Waals surface area (Å²) in [4.78, 5) is 11.7. The monoisotopic (exact) mass is 232 g/mol. The van der Waals surface area contributed by atoms with Crippen LogP contribution in [0.1, 0.15) is 39.0 Å². The van der Waals surface area contributed by atoms with Crippen molar-refractivity contribution >= 4 is 5.97 Å². The Morgan fingerprint density at radius 2 is 2.12 bits per heavy atom. The number of esters is 1. The van der Waals surface area contributed by atoms with Crippen LogP contribution in [0.15, 0.2) is 24.3 Å². The molecule has 2 aliphatic carbocycles. The third-order valence-electron chi connectivity index (χ3n) is 5.14. The van der Waals surface area contributed by atoms with Crippen molar-refractivity contribution in [1.82, 2.24) is 0 Å². The molecule has 0 aromatic carbocycles. The zero-order valence-corrected chi connectivity index (χ0v) is 10.5. The smallest absolute Gasteiger partial charge is 0.334 e. The van der Waals surface area contributed by atoms with Gasteiger partial charge >= 0.3 is 5.97 Å². The second-order valence-electron chi connectivity index (χ2n) is 6.18. The summed E-state index contributed by atoms with van der Waals surface area (Å²) in [6.07, 6.45) is 5.82. The largest absolute Gasteiger partial charge is 0.458 e. The Labute approximate surface area is 103 Å². The maximum Gasteiger partial charge on any atom is 0.334 e. The molecule has 0 N–H and O–H groups in total. The van der Waals surface area contributed by atoms with Crippen LogP contribution in [0, 0.1) is 17.3 Å². The molecule has 0 bridgehead atoms. The summed E-state index contributed by atoms with van der Waals surface area (Å²) in [6, 6.07) is 0. The summed E-state index contributed by atoms with van der Waals surface area (Å²) in [7, 11) is 0. The normalized spacial score (nSPS) is 45.2. The highest BCUT2D eigenvalue weighted by Crippen LogP contribution is 2.57. The summed E-state index contributed by atoms with van der Waals surface area (Å²) < 4.78 is 5.58. The first-order valence-electron chi connectivity index (χ1n) is 6.60. The molecule has 2 nitrogen and oxygen atoms in total. The summed E-state index contributed by atoms with van der Waals surface area (Å²) in [6.45, 7) is 10.5. The molecular weight excluding hydrogens is 212 g/mol. The van der Waals surface area contributed by atoms with E-state index in [1.54, 1.807) is 0 Å². The van der Waals surface area contributed by atoms with Crippen molar-refractivity contribution in [2.24, 2.45) is 17.3 Å². The standard InChI is InChI=1S/C15H20O2/c1-9-5-4-7-15(3)8-6-11-10(2)14(16)17-13(11)12(9)15/h11-13H,1-2,4-8H2,3H3/t11-,12+,13-,15+/m1/s1. The maximum atomic E-state index is 11.7. The highest BCUT2D eigenvalue weighted by atomic mass is 16.6. The molecule has 0 aromatic heterocycles. The predicted octanol–water partition coefficient (Wildman–Crippen LogP) is 3.24. The lowest BCUT2D eigenvalue weighted by atomic mass is 9.55. The Kier molecular flexibility index (Phi) is 2.26. The molecule has 3 fully saturated rings. The maximum absolute atomic E-state index is 11.7. The number of hydrogen-bond donors (Lipinski definition) is 0. The fourth-order valence-corrected chi connectivity index (χ4v) is 4.19. The van der Waals surface area contributed by atoms with E-state index in [0.29, 0.717) is 16.9 Å². The molecule has 4 atom stereocenters. The Morgan fingerprint density at radius 3 is 2.88 bits per heavy atom. The summed E-state index contributed by atoms with van der Waals surface area (Å²) in [5, 5.41) is 0. The number of hydrogen-bond acceptors (Lipinski definition) is 2. The molecule has 2 saturated carbocycles. The van der Waals surface area contributed by atoms with E-state index in [0.717, 1.165) is 12.8 Å². The van der Waals surface area contributed by atoms with Crippen molar-refractivity contribution in [1.29, 1.82) is 0 Å². The molecule has 1 aliphatic heterocycles. The molecule has 2 heteroatoms. The van der Waals surface area contributed by atoms with Gasteiger partial charge in [-0.3, -0.25) is 0 Å². The highest BCUT2D eigenvalue weighted by molar-refractivity contribution is 5.91. The van der Waals surface area contributed by atoms with Gasteiger partial charge in [0.15, 0.2) is 0 Å². The molecule has 0 unspecified atom stereocenters. The van der Waals surface area contributed by atoms with Crippen molar-refractivity contribution < 1.29 is 9.53 Å². The van der Waals surface area contributed by atoms with Crippen LogP contribution in [0.3, 0.4) is 0 Å². The van der Waals surface area contributed by atoms with Crippen molar-refractivity contribution in [3.8, 4) is 0 Å². The summed E-state index contributed by atoms with van der Waals surface area (Å²) in [5.74, 6) is 0.427. The Morgan fingerprint density at radius 1 is 1.35 bits per heavy atom. The van der Waals surface area contributed by atoms with Crippen LogP contribution in [0.5, 0.6) is 0 Å². The van der Waals surface area contributed by atoms with E-state index in [1.165, 1.54) is 24.8 Å². The number of ether oxygens (including phenoxy) is 1. The third-order valence-corrected chi connectivity index (χ3v) is 5.14. The molecule has 1 heterocycles. The molecule has 3 rings (SSSR count). The Bertz CT molecular complexity index is 409. The van der Waals surface area contributed by atoms with E-state index in [1.807, 2.05) is 0 Å². The van der Waals surface area contributed by atoms with E-state index < -0.39 is 0 Å². The Balaban J connectivity index is 1.98. The van der Waals surface area contributed by atoms with Gasteiger partial charge in [-0.1, -0.05) is 25.7 Å². The van der Waals surface area contributed by atoms with Crippen molar-refractivity contribution in [2.75, 3.05) is 0 Å². The molecule has 3 aliphatic rings. The Hall–Kier alpha value is -1.05. The minimum absolute atomic E-state index is 0.0292. The van der Waals surface area contributed by atoms with Crippen LogP contribution in [0.4, 0.5) is 0 Å². The molecular formula is C15H20O2. The molecule has 0 radical (unpaired) electrons. The van der Waals surface area contributed by atoms with Crippen molar-refractivity contribution in [3.63, 3.8) is 0 Å². The fraction of sp³-hybridized carbons (Fsp3) is 0.667. The average Bonchev–Trinajstić information content (AvgIpc) is 2.54. The van der Waals surface area contributed by atoms with E-state index in [4.69, 9.17) is 4.74 Å². The van der Waals surface area contributed by atoms with Crippen LogP contribution < -0.4 is 0 Å².